The van der Waals surface area contributed by atoms with Crippen LogP contribution in [-0.4, -0.2) is 194 Å². The fourth-order valence-corrected chi connectivity index (χ4v) is 19.2. The number of carbonyl (C=O) groups is 11. The molecule has 7 aromatic carbocycles. The number of aryl methyl sites for hydroxylation is 2. The maximum Gasteiger partial charge on any atom is 0.411 e. The first kappa shape index (κ1) is 99.9. The minimum Gasteiger partial charge on any atom is -0.496 e. The van der Waals surface area contributed by atoms with Gasteiger partial charge in [-0.1, -0.05) is 166 Å². The Morgan fingerprint density at radius 1 is 0.589 bits per heavy atom. The lowest BCUT2D eigenvalue weighted by atomic mass is 9.87. The highest BCUT2D eigenvalue weighted by molar-refractivity contribution is 7.99. The normalized spacial score (nSPS) is 17.4. The zero-order chi connectivity index (χ0) is 92.5. The van der Waals surface area contributed by atoms with Crippen LogP contribution < -0.4 is 56.8 Å². The highest BCUT2D eigenvalue weighted by atomic mass is 32.2. The average Bonchev–Trinajstić information content (AvgIpc) is 1.65. The number of aliphatic hydroxyl groups is 1. The van der Waals surface area contributed by atoms with Gasteiger partial charge in [0, 0.05) is 88.6 Å². The molecule has 5 aliphatic rings. The fourth-order valence-electron chi connectivity index (χ4n) is 15.5. The third-order valence-electron chi connectivity index (χ3n) is 22.4. The topological polar surface area (TPSA) is 418 Å². The van der Waals surface area contributed by atoms with Gasteiger partial charge >= 0.3 is 12.2 Å². The zero-order valence-electron chi connectivity index (χ0n) is 72.8. The molecule has 3 saturated heterocycles. The molecule has 11 atom stereocenters. The first-order valence-corrected chi connectivity index (χ1v) is 46.4. The molecule has 690 valence electrons. The Kier molecular flexibility index (Phi) is 39.2. The molecule has 8 aromatic rings. The number of carbonyl (C=O) groups excluding carboxylic acids is 11. The molecule has 0 saturated carbocycles. The summed E-state index contributed by atoms with van der Waals surface area (Å²) >= 11 is 8.83. The van der Waals surface area contributed by atoms with Crippen molar-refractivity contribution in [3.63, 3.8) is 0 Å². The van der Waals surface area contributed by atoms with E-state index >= 15 is 0 Å². The number of rotatable bonds is 35. The van der Waals surface area contributed by atoms with Gasteiger partial charge in [0.2, 0.25) is 48.1 Å². The summed E-state index contributed by atoms with van der Waals surface area (Å²) in [4.78, 5) is 144. The standard InChI is InChI=1S/C34H35N3O6S2.C26H31N3O6S.C20H22O5S.C14H26N4O4/c38-30(19-26(32(39)36-42)18-27-17-25-13-7-8-14-31(25)45-27)28(16-15-23-9-3-1-4-10-23)35-33(40)29-21-44-22-37(29)34(41)43-20-24-11-5-2-6-12-24;1-18(24(31)28-34)14-23(30)21(13-12-19-8-4-2-5-9-19)27-25(32)22-16-36-17-29(22)26(33)35-15-20-10-6-3-7-11-20;1-11(21)15(12-3-4-16-18(6-12)24-10-23-16)8-14-5-13-7-19(22-2)20(26)9-17(13)25-14;1-9(2)7-10(8-12(19)17-22)14(21)18-11(13(20)15-3)5-4-6-16-18/h1-14,17,26,28-29,42H,15-16,18-22H2,(H,35,40)(H,36,39);2-11,18,21-22,34H,12-17H2,1H3,(H,27,32)(H,28,31);3-4,6-7,9,11,14-15,21,26H,5,8,10H2,1-2H3;9-11,16,22H,4-8H2,1-3H3,(H,15,20)(H,17,19)/t26-,28-,29-;18-,21+,22+;11?,14-,15+;10-,11+/m0111/s1. The number of nitrogens with zero attached hydrogens (tertiary/aromatic N) is 3. The second-order valence-corrected chi connectivity index (χ2v) is 35.9. The Hall–Kier alpha value is -11.3. The lowest BCUT2D eigenvalue weighted by Gasteiger charge is -2.37. The molecule has 1 unspecified atom stereocenters. The molecule has 31 nitrogen and oxygen atoms in total. The number of thiol groups is 1. The summed E-state index contributed by atoms with van der Waals surface area (Å²) in [5, 5.41) is 48.0. The Morgan fingerprint density at radius 3 is 1.66 bits per heavy atom. The number of ether oxygens (including phenoxy) is 6. The number of fused-ring (bicyclic) bond motifs is 3. The van der Waals surface area contributed by atoms with Crippen LogP contribution in [0, 0.1) is 23.7 Å². The van der Waals surface area contributed by atoms with Crippen LogP contribution in [-0.2, 0) is 91.5 Å². The molecule has 0 spiro atoms. The van der Waals surface area contributed by atoms with Crippen LogP contribution in [0.2, 0.25) is 0 Å². The van der Waals surface area contributed by atoms with Crippen LogP contribution in [0.25, 0.3) is 10.1 Å². The van der Waals surface area contributed by atoms with E-state index in [-0.39, 0.29) is 87.0 Å². The maximum atomic E-state index is 13.8. The van der Waals surface area contributed by atoms with E-state index in [1.807, 2.05) is 203 Å². The number of likely N-dealkylation sites (N-methyl/N-ethyl adjacent to an activating group) is 1. The first-order chi connectivity index (χ1) is 62.2. The number of nitrogens with one attached hydrogen (secondary N) is 7. The van der Waals surface area contributed by atoms with Gasteiger partial charge in [0.05, 0.1) is 43.0 Å². The van der Waals surface area contributed by atoms with Gasteiger partial charge in [-0.2, -0.15) is 0 Å². The molecule has 1 aromatic heterocycles. The molecule has 0 radical (unpaired) electrons. The second-order valence-electron chi connectivity index (χ2n) is 32.3. The molecule has 3 fully saturated rings. The predicted octanol–water partition coefficient (Wildman–Crippen LogP) is 11.6. The summed E-state index contributed by atoms with van der Waals surface area (Å²) in [6.45, 7) is 8.28. The van der Waals surface area contributed by atoms with Crippen LogP contribution >= 0.6 is 47.5 Å². The minimum absolute atomic E-state index is 0.00476. The van der Waals surface area contributed by atoms with E-state index in [2.05, 4.69) is 34.0 Å². The van der Waals surface area contributed by atoms with Crippen molar-refractivity contribution in [2.45, 2.75) is 178 Å². The number of amides is 9. The number of hydrazine groups is 1. The molecule has 0 bridgehead atoms. The van der Waals surface area contributed by atoms with Gasteiger partial charge in [0.1, 0.15) is 48.9 Å². The second kappa shape index (κ2) is 50.6. The van der Waals surface area contributed by atoms with Gasteiger partial charge in [-0.3, -0.25) is 73.6 Å². The summed E-state index contributed by atoms with van der Waals surface area (Å²) in [6, 6.07) is 53.4. The van der Waals surface area contributed by atoms with Crippen LogP contribution in [0.1, 0.15) is 130 Å². The Morgan fingerprint density at radius 2 is 1.13 bits per heavy atom. The highest BCUT2D eigenvalue weighted by Gasteiger charge is 2.42. The largest absolute Gasteiger partial charge is 0.496 e. The lowest BCUT2D eigenvalue weighted by molar-refractivity contribution is -0.152. The summed E-state index contributed by atoms with van der Waals surface area (Å²) < 4.78 is 34.2. The van der Waals surface area contributed by atoms with Gasteiger partial charge in [-0.05, 0) is 140 Å². The van der Waals surface area contributed by atoms with Crippen molar-refractivity contribution < 1.29 is 102 Å². The average molecular weight is 1850 g/mol. The van der Waals surface area contributed by atoms with E-state index in [0.29, 0.717) is 74.7 Å². The Balaban J connectivity index is 0.000000186. The molecular formula is C94H114N10O21S4. The van der Waals surface area contributed by atoms with Crippen molar-refractivity contribution >= 4 is 123 Å². The number of thiophene rings is 1. The van der Waals surface area contributed by atoms with Crippen molar-refractivity contribution in [2.75, 3.05) is 50.8 Å². The van der Waals surface area contributed by atoms with Crippen molar-refractivity contribution in [1.29, 1.82) is 0 Å². The summed E-state index contributed by atoms with van der Waals surface area (Å²) in [6.07, 6.45) is 3.22. The maximum absolute atomic E-state index is 13.8. The van der Waals surface area contributed by atoms with E-state index in [1.165, 1.54) is 63.6 Å². The van der Waals surface area contributed by atoms with Crippen LogP contribution in [0.3, 0.4) is 0 Å². The fraction of sp³-hybridized carbons (Fsp3) is 0.415. The van der Waals surface area contributed by atoms with Gasteiger partial charge in [0.25, 0.3) is 0 Å². The lowest BCUT2D eigenvalue weighted by Crippen LogP contribution is -2.59. The van der Waals surface area contributed by atoms with E-state index in [0.717, 1.165) is 89.1 Å². The summed E-state index contributed by atoms with van der Waals surface area (Å²) in [7, 11) is 3.17. The number of aliphatic hydroxyl groups excluding tert-OH is 1. The van der Waals surface area contributed by atoms with Gasteiger partial charge in [-0.15, -0.1) is 47.5 Å². The van der Waals surface area contributed by atoms with Gasteiger partial charge in [0.15, 0.2) is 23.1 Å². The molecule has 35 heteroatoms. The summed E-state index contributed by atoms with van der Waals surface area (Å²) in [5.74, 6) is -1.57. The molecule has 6 heterocycles. The molecule has 13 rings (SSSR count). The molecule has 9 amide bonds. The smallest absolute Gasteiger partial charge is 0.411 e. The third kappa shape index (κ3) is 29.6. The van der Waals surface area contributed by atoms with Crippen LogP contribution in [0.4, 0.5) is 9.59 Å². The summed E-state index contributed by atoms with van der Waals surface area (Å²) in [5.41, 5.74) is 13.6. The monoisotopic (exact) mass is 1850 g/mol. The SMILES string of the molecule is CNC(=O)[C@@H]1CCCNN1C(=O)[C@@H](CC(=O)NO)CC(C)C.COc1cc2c(cc1S)O[C@@H](C[C@H](c1ccc3c(c1)OCO3)C(C)O)C2.C[C@H](CC(=O)[C@H](CCc1ccccc1)NC(=O)[C@@H]1CSCN1C(=O)OCc1ccccc1)C(=O)NO.O=C(NO)[C@H](CC(=O)[C@H](CCc1ccccc1)NC(=O)[C@@H]1CSCN1C(=O)OCc1ccccc1)Cc1cc2ccccc2s1. The number of thioether (sulfide) groups is 2. The Bertz CT molecular complexity index is 5030. The molecular weight excluding hydrogens is 1730 g/mol. The number of hydrogen-bond donors (Lipinski definition) is 12. The number of hydroxylamine groups is 3. The van der Waals surface area contributed by atoms with Crippen LogP contribution in [0.5, 0.6) is 23.0 Å². The van der Waals surface area contributed by atoms with Crippen molar-refractivity contribution in [2.24, 2.45) is 23.7 Å². The molecule has 11 N–H and O–H groups in total. The van der Waals surface area contributed by atoms with Gasteiger partial charge in [-0.25, -0.2) is 31.5 Å². The number of ketones is 2. The number of methoxy groups -OCH3 is 1. The van der Waals surface area contributed by atoms with E-state index < -0.39 is 95.8 Å². The van der Waals surface area contributed by atoms with Crippen molar-refractivity contribution in [3.05, 3.63) is 220 Å². The minimum atomic E-state index is -0.901. The van der Waals surface area contributed by atoms with Crippen molar-refractivity contribution in [3.8, 4) is 23.0 Å². The number of hydrogen-bond acceptors (Lipinski definition) is 26. The van der Waals surface area contributed by atoms with Crippen LogP contribution in [0.15, 0.2) is 187 Å². The quantitative estimate of drug-likeness (QED) is 0.00997. The third-order valence-corrected chi connectivity index (χ3v) is 25.9. The highest BCUT2D eigenvalue weighted by Crippen LogP contribution is 2.42. The Labute approximate surface area is 767 Å². The number of Topliss-reactive ketones (excluding diaryl/α,β-unsaturated/α-hetero) is 2. The zero-order valence-corrected chi connectivity index (χ0v) is 76.2. The first-order valence-electron chi connectivity index (χ1n) is 42.8. The number of benzene rings is 7. The predicted molar refractivity (Wildman–Crippen MR) is 489 cm³/mol. The van der Waals surface area contributed by atoms with E-state index in [4.69, 9.17) is 38.8 Å². The van der Waals surface area contributed by atoms with Crippen molar-refractivity contribution in [1.82, 2.24) is 52.6 Å². The van der Waals surface area contributed by atoms with Gasteiger partial charge < -0.3 is 49.5 Å². The molecule has 5 aliphatic heterocycles. The molecule has 0 aliphatic carbocycles. The molecule has 129 heavy (non-hydrogen) atoms. The van der Waals surface area contributed by atoms with E-state index in [1.54, 1.807) is 23.6 Å². The van der Waals surface area contributed by atoms with E-state index in [9.17, 15) is 63.1 Å².